The van der Waals surface area contributed by atoms with Gasteiger partial charge in [0, 0.05) is 25.4 Å². The quantitative estimate of drug-likeness (QED) is 0.847. The van der Waals surface area contributed by atoms with Crippen molar-refractivity contribution < 1.29 is 9.53 Å². The topological polar surface area (TPSA) is 50.4 Å². The number of carbonyl (C=O) groups excluding carboxylic acids is 1. The number of likely N-dealkylation sites (N-methyl/N-ethyl adjacent to an activating group) is 1. The Hall–Kier alpha value is -1.55. The average molecular weight is 290 g/mol. The van der Waals surface area contributed by atoms with Gasteiger partial charge in [0.2, 0.25) is 5.91 Å². The van der Waals surface area contributed by atoms with Crippen LogP contribution in [0, 0.1) is 0 Å². The van der Waals surface area contributed by atoms with Gasteiger partial charge < -0.3 is 15.4 Å². The average Bonchev–Trinajstić information content (AvgIpc) is 2.50. The lowest BCUT2D eigenvalue weighted by atomic mass is 9.93. The molecule has 116 valence electrons. The van der Waals surface area contributed by atoms with Crippen LogP contribution in [-0.2, 0) is 16.0 Å². The van der Waals surface area contributed by atoms with Crippen LogP contribution in [0.15, 0.2) is 24.3 Å². The first-order chi connectivity index (χ1) is 10.2. The minimum atomic E-state index is 0.0797. The second-order valence-corrected chi connectivity index (χ2v) is 5.68. The van der Waals surface area contributed by atoms with E-state index in [0.717, 1.165) is 36.9 Å². The molecule has 0 heterocycles. The van der Waals surface area contributed by atoms with Crippen LogP contribution < -0.4 is 10.6 Å². The Kier molecular flexibility index (Phi) is 6.05. The molecule has 0 aromatic heterocycles. The molecule has 1 aromatic carbocycles. The van der Waals surface area contributed by atoms with E-state index in [1.807, 2.05) is 19.1 Å². The van der Waals surface area contributed by atoms with Gasteiger partial charge in [0.25, 0.3) is 0 Å². The first-order valence-electron chi connectivity index (χ1n) is 7.86. The smallest absolute Gasteiger partial charge is 0.224 e. The zero-order chi connectivity index (χ0) is 15.1. The fraction of sp³-hybridized carbons (Fsp3) is 0.588. The van der Waals surface area contributed by atoms with Crippen LogP contribution in [0.1, 0.15) is 38.2 Å². The van der Waals surface area contributed by atoms with E-state index >= 15 is 0 Å². The molecule has 2 rings (SSSR count). The van der Waals surface area contributed by atoms with E-state index in [4.69, 9.17) is 4.74 Å². The van der Waals surface area contributed by atoms with Crippen molar-refractivity contribution in [1.29, 1.82) is 0 Å². The van der Waals surface area contributed by atoms with Gasteiger partial charge in [-0.05, 0) is 50.3 Å². The van der Waals surface area contributed by atoms with Gasteiger partial charge in [0.05, 0.1) is 12.5 Å². The highest BCUT2D eigenvalue weighted by Gasteiger charge is 2.20. The minimum absolute atomic E-state index is 0.0797. The molecule has 0 atom stereocenters. The molecule has 0 bridgehead atoms. The van der Waals surface area contributed by atoms with E-state index < -0.39 is 0 Å². The lowest BCUT2D eigenvalue weighted by Gasteiger charge is -2.28. The standard InChI is InChI=1S/C17H26N2O2/c1-3-18-17(20)12-13-4-6-14(7-5-13)19-15-8-10-16(21-2)11-9-15/h4-7,15-16,19H,3,8-12H2,1-2H3,(H,18,20). The van der Waals surface area contributed by atoms with Crippen molar-refractivity contribution in [3.05, 3.63) is 29.8 Å². The second kappa shape index (κ2) is 8.03. The van der Waals surface area contributed by atoms with Gasteiger partial charge in [-0.2, -0.15) is 0 Å². The lowest BCUT2D eigenvalue weighted by Crippen LogP contribution is -2.29. The molecule has 1 aliphatic rings. The molecular formula is C17H26N2O2. The van der Waals surface area contributed by atoms with Gasteiger partial charge in [-0.25, -0.2) is 0 Å². The number of amides is 1. The molecule has 21 heavy (non-hydrogen) atoms. The van der Waals surface area contributed by atoms with Crippen LogP contribution in [0.25, 0.3) is 0 Å². The highest BCUT2D eigenvalue weighted by atomic mass is 16.5. The lowest BCUT2D eigenvalue weighted by molar-refractivity contribution is -0.120. The summed E-state index contributed by atoms with van der Waals surface area (Å²) in [5.74, 6) is 0.0797. The monoisotopic (exact) mass is 290 g/mol. The molecular weight excluding hydrogens is 264 g/mol. The van der Waals surface area contributed by atoms with Crippen LogP contribution in [0.4, 0.5) is 5.69 Å². The summed E-state index contributed by atoms with van der Waals surface area (Å²) in [5.41, 5.74) is 2.19. The maximum absolute atomic E-state index is 11.5. The van der Waals surface area contributed by atoms with Crippen LogP contribution in [0.5, 0.6) is 0 Å². The van der Waals surface area contributed by atoms with Crippen LogP contribution in [0.2, 0.25) is 0 Å². The van der Waals surface area contributed by atoms with E-state index in [2.05, 4.69) is 22.8 Å². The highest BCUT2D eigenvalue weighted by Crippen LogP contribution is 2.24. The summed E-state index contributed by atoms with van der Waals surface area (Å²) in [4.78, 5) is 11.5. The fourth-order valence-electron chi connectivity index (χ4n) is 2.84. The molecule has 1 saturated carbocycles. The van der Waals surface area contributed by atoms with E-state index in [1.54, 1.807) is 7.11 Å². The second-order valence-electron chi connectivity index (χ2n) is 5.68. The third kappa shape index (κ3) is 5.05. The van der Waals surface area contributed by atoms with Crippen LogP contribution in [0.3, 0.4) is 0 Å². The summed E-state index contributed by atoms with van der Waals surface area (Å²) in [7, 11) is 1.80. The largest absolute Gasteiger partial charge is 0.382 e. The van der Waals surface area contributed by atoms with E-state index in [9.17, 15) is 4.79 Å². The third-order valence-corrected chi connectivity index (χ3v) is 4.07. The number of hydrogen-bond acceptors (Lipinski definition) is 3. The summed E-state index contributed by atoms with van der Waals surface area (Å²) < 4.78 is 5.40. The summed E-state index contributed by atoms with van der Waals surface area (Å²) in [6, 6.07) is 8.72. The number of carbonyl (C=O) groups is 1. The number of benzene rings is 1. The molecule has 1 aliphatic carbocycles. The zero-order valence-corrected chi connectivity index (χ0v) is 13.0. The fourth-order valence-corrected chi connectivity index (χ4v) is 2.84. The molecule has 0 saturated heterocycles. The Morgan fingerprint density at radius 3 is 2.43 bits per heavy atom. The SMILES string of the molecule is CCNC(=O)Cc1ccc(NC2CCC(OC)CC2)cc1. The summed E-state index contributed by atoms with van der Waals surface area (Å²) in [6.45, 7) is 2.62. The third-order valence-electron chi connectivity index (χ3n) is 4.07. The van der Waals surface area contributed by atoms with Gasteiger partial charge in [0.15, 0.2) is 0 Å². The Labute approximate surface area is 127 Å². The van der Waals surface area contributed by atoms with Gasteiger partial charge >= 0.3 is 0 Å². The van der Waals surface area contributed by atoms with Crippen molar-refractivity contribution in [2.75, 3.05) is 19.0 Å². The molecule has 2 N–H and O–H groups in total. The first kappa shape index (κ1) is 15.8. The maximum Gasteiger partial charge on any atom is 0.224 e. The van der Waals surface area contributed by atoms with Gasteiger partial charge in [-0.15, -0.1) is 0 Å². The molecule has 0 unspecified atom stereocenters. The number of rotatable bonds is 6. The highest BCUT2D eigenvalue weighted by molar-refractivity contribution is 5.78. The first-order valence-corrected chi connectivity index (χ1v) is 7.86. The van der Waals surface area contributed by atoms with Gasteiger partial charge in [-0.3, -0.25) is 4.79 Å². The Morgan fingerprint density at radius 2 is 1.86 bits per heavy atom. The van der Waals surface area contributed by atoms with E-state index in [1.165, 1.54) is 0 Å². The van der Waals surface area contributed by atoms with E-state index in [0.29, 0.717) is 25.1 Å². The maximum atomic E-state index is 11.5. The molecule has 0 spiro atoms. The molecule has 1 aromatic rings. The van der Waals surface area contributed by atoms with Crippen LogP contribution in [-0.4, -0.2) is 31.7 Å². The normalized spacial score (nSPS) is 21.8. The van der Waals surface area contributed by atoms with Crippen molar-refractivity contribution in [3.8, 4) is 0 Å². The predicted octanol–water partition coefficient (Wildman–Crippen LogP) is 2.73. The van der Waals surface area contributed by atoms with E-state index in [-0.39, 0.29) is 5.91 Å². The molecule has 4 nitrogen and oxygen atoms in total. The number of hydrogen-bond donors (Lipinski definition) is 2. The number of ether oxygens (including phenoxy) is 1. The number of nitrogens with one attached hydrogen (secondary N) is 2. The zero-order valence-electron chi connectivity index (χ0n) is 13.0. The Morgan fingerprint density at radius 1 is 1.19 bits per heavy atom. The Bertz CT molecular complexity index is 437. The summed E-state index contributed by atoms with van der Waals surface area (Å²) >= 11 is 0. The van der Waals surface area contributed by atoms with Crippen molar-refractivity contribution in [3.63, 3.8) is 0 Å². The summed E-state index contributed by atoms with van der Waals surface area (Å²) in [5, 5.41) is 6.39. The molecule has 1 amide bonds. The minimum Gasteiger partial charge on any atom is -0.382 e. The van der Waals surface area contributed by atoms with Crippen molar-refractivity contribution in [1.82, 2.24) is 5.32 Å². The van der Waals surface area contributed by atoms with Gasteiger partial charge in [-0.1, -0.05) is 12.1 Å². The van der Waals surface area contributed by atoms with Crippen molar-refractivity contribution in [2.45, 2.75) is 51.2 Å². The van der Waals surface area contributed by atoms with Crippen molar-refractivity contribution >= 4 is 11.6 Å². The predicted molar refractivity (Wildman–Crippen MR) is 85.5 cm³/mol. The molecule has 4 heteroatoms. The van der Waals surface area contributed by atoms with Gasteiger partial charge in [0.1, 0.15) is 0 Å². The Balaban J connectivity index is 1.81. The number of methoxy groups -OCH3 is 1. The molecule has 0 aliphatic heterocycles. The van der Waals surface area contributed by atoms with Crippen molar-refractivity contribution in [2.24, 2.45) is 0 Å². The summed E-state index contributed by atoms with van der Waals surface area (Å²) in [6.07, 6.45) is 5.45. The molecule has 0 radical (unpaired) electrons. The molecule has 1 fully saturated rings. The number of anilines is 1. The van der Waals surface area contributed by atoms with Crippen LogP contribution >= 0.6 is 0 Å².